The molecule has 1 aliphatic rings. The van der Waals surface area contributed by atoms with Gasteiger partial charge in [-0.2, -0.15) is 24.9 Å². The van der Waals surface area contributed by atoms with Gasteiger partial charge in [-0.05, 0) is 30.4 Å². The lowest BCUT2D eigenvalue weighted by molar-refractivity contribution is -0.137. The Labute approximate surface area is 129 Å². The predicted molar refractivity (Wildman–Crippen MR) is 81.4 cm³/mol. The van der Waals surface area contributed by atoms with Crippen molar-refractivity contribution < 1.29 is 18.0 Å². The maximum atomic E-state index is 13.0. The van der Waals surface area contributed by atoms with E-state index in [0.29, 0.717) is 5.75 Å². The van der Waals surface area contributed by atoms with Crippen LogP contribution in [0.4, 0.5) is 18.9 Å². The molecule has 1 aliphatic heterocycles. The average Bonchev–Trinajstić information content (AvgIpc) is 2.91. The Morgan fingerprint density at radius 2 is 2.14 bits per heavy atom. The summed E-state index contributed by atoms with van der Waals surface area (Å²) in [5.41, 5.74) is 4.22. The van der Waals surface area contributed by atoms with E-state index in [-0.39, 0.29) is 28.1 Å². The highest BCUT2D eigenvalue weighted by atomic mass is 32.2. The van der Waals surface area contributed by atoms with Gasteiger partial charge in [-0.1, -0.05) is 12.2 Å². The summed E-state index contributed by atoms with van der Waals surface area (Å²) in [6, 6.07) is 3.43. The minimum atomic E-state index is -4.58. The van der Waals surface area contributed by atoms with E-state index < -0.39 is 11.7 Å². The predicted octanol–water partition coefficient (Wildman–Crippen LogP) is 3.03. The van der Waals surface area contributed by atoms with E-state index in [0.717, 1.165) is 18.2 Å². The fourth-order valence-corrected chi connectivity index (χ4v) is 3.46. The molecule has 1 aromatic carbocycles. The minimum absolute atomic E-state index is 0.101. The number of alkyl halides is 3. The third-order valence-electron chi connectivity index (χ3n) is 3.16. The summed E-state index contributed by atoms with van der Waals surface area (Å²) in [6.45, 7) is 0. The molecule has 1 atom stereocenters. The van der Waals surface area contributed by atoms with Crippen LogP contribution in [0.3, 0.4) is 0 Å². The van der Waals surface area contributed by atoms with Crippen molar-refractivity contribution in [1.29, 1.82) is 0 Å². The third-order valence-corrected chi connectivity index (χ3v) is 4.54. The molecule has 0 radical (unpaired) electrons. The van der Waals surface area contributed by atoms with Gasteiger partial charge in [0.25, 0.3) is 0 Å². The fraction of sp³-hybridized carbons (Fsp3) is 0.385. The number of carbonyl (C=O) groups is 1. The van der Waals surface area contributed by atoms with Crippen LogP contribution in [0.2, 0.25) is 0 Å². The van der Waals surface area contributed by atoms with Crippen molar-refractivity contribution in [2.45, 2.75) is 12.6 Å². The van der Waals surface area contributed by atoms with Crippen molar-refractivity contribution in [3.05, 3.63) is 29.3 Å². The quantitative estimate of drug-likeness (QED) is 0.835. The van der Waals surface area contributed by atoms with Crippen molar-refractivity contribution in [1.82, 2.24) is 0 Å². The highest BCUT2D eigenvalue weighted by molar-refractivity contribution is 7.99. The van der Waals surface area contributed by atoms with Crippen LogP contribution >= 0.6 is 24.0 Å². The molecule has 0 bridgehead atoms. The van der Waals surface area contributed by atoms with Crippen LogP contribution in [0.15, 0.2) is 18.2 Å². The summed E-state index contributed by atoms with van der Waals surface area (Å²) < 4.78 is 39.0. The molecule has 114 valence electrons. The van der Waals surface area contributed by atoms with E-state index in [2.05, 4.69) is 17.5 Å². The molecule has 3 nitrogen and oxygen atoms in total. The van der Waals surface area contributed by atoms with E-state index >= 15 is 0 Å². The van der Waals surface area contributed by atoms with Crippen LogP contribution < -0.4 is 11.1 Å². The Hall–Kier alpha value is -1.28. The molecule has 0 aliphatic carbocycles. The van der Waals surface area contributed by atoms with Crippen LogP contribution in [0.25, 0.3) is 0 Å². The maximum Gasteiger partial charge on any atom is 0.417 e. The molecule has 0 aromatic heterocycles. The topological polar surface area (TPSA) is 55.1 Å². The summed E-state index contributed by atoms with van der Waals surface area (Å²) in [5, 5.41) is 2.53. The van der Waals surface area contributed by atoms with Crippen LogP contribution in [0.1, 0.15) is 17.5 Å². The molecular weight excluding hydrogens is 321 g/mol. The van der Waals surface area contributed by atoms with E-state index in [1.54, 1.807) is 11.8 Å². The van der Waals surface area contributed by atoms with Crippen molar-refractivity contribution in [3.8, 4) is 0 Å². The van der Waals surface area contributed by atoms with Gasteiger partial charge in [0.05, 0.1) is 5.56 Å². The van der Waals surface area contributed by atoms with E-state index in [1.165, 1.54) is 12.1 Å². The van der Waals surface area contributed by atoms with Gasteiger partial charge >= 0.3 is 6.18 Å². The zero-order valence-corrected chi connectivity index (χ0v) is 12.5. The lowest BCUT2D eigenvalue weighted by atomic mass is 10.0. The number of anilines is 1. The molecule has 1 aromatic rings. The van der Waals surface area contributed by atoms with E-state index in [1.807, 2.05) is 0 Å². The highest BCUT2D eigenvalue weighted by Crippen LogP contribution is 2.34. The number of hydrogen-bond donors (Lipinski definition) is 2. The maximum absolute atomic E-state index is 13.0. The first-order chi connectivity index (χ1) is 9.79. The van der Waals surface area contributed by atoms with Crippen LogP contribution in [-0.2, 0) is 11.0 Å². The Morgan fingerprint density at radius 1 is 1.43 bits per heavy atom. The van der Waals surface area contributed by atoms with E-state index in [9.17, 15) is 18.0 Å². The van der Waals surface area contributed by atoms with E-state index in [4.69, 9.17) is 5.73 Å². The second-order valence-corrected chi connectivity index (χ2v) is 6.26. The third kappa shape index (κ3) is 3.88. The van der Waals surface area contributed by atoms with Gasteiger partial charge in [-0.3, -0.25) is 4.79 Å². The SMILES string of the molecule is NC(=S)c1ccc(NC(=O)C2CCSC2)cc1C(F)(F)F. The number of benzene rings is 1. The van der Waals surface area contributed by atoms with Gasteiger partial charge < -0.3 is 11.1 Å². The molecule has 1 saturated heterocycles. The van der Waals surface area contributed by atoms with Gasteiger partial charge in [-0.15, -0.1) is 0 Å². The lowest BCUT2D eigenvalue weighted by Gasteiger charge is -2.15. The molecular formula is C13H13F3N2OS2. The number of nitrogens with two attached hydrogens (primary N) is 1. The zero-order valence-electron chi connectivity index (χ0n) is 10.9. The normalized spacial score (nSPS) is 18.5. The average molecular weight is 334 g/mol. The molecule has 8 heteroatoms. The van der Waals surface area contributed by atoms with Crippen molar-refractivity contribution in [2.24, 2.45) is 11.7 Å². The number of rotatable bonds is 3. The summed E-state index contributed by atoms with van der Waals surface area (Å²) >= 11 is 6.28. The Kier molecular flexibility index (Phi) is 4.77. The van der Waals surface area contributed by atoms with Gasteiger partial charge in [-0.25, -0.2) is 0 Å². The monoisotopic (exact) mass is 334 g/mol. The molecule has 1 amide bonds. The molecule has 21 heavy (non-hydrogen) atoms. The van der Waals surface area contributed by atoms with Crippen LogP contribution in [-0.4, -0.2) is 22.4 Å². The largest absolute Gasteiger partial charge is 0.417 e. The number of hydrogen-bond acceptors (Lipinski definition) is 3. The first-order valence-electron chi connectivity index (χ1n) is 6.18. The summed E-state index contributed by atoms with van der Waals surface area (Å²) in [5.74, 6) is 1.19. The van der Waals surface area contributed by atoms with Crippen molar-refractivity contribution in [3.63, 3.8) is 0 Å². The second-order valence-electron chi connectivity index (χ2n) is 4.67. The van der Waals surface area contributed by atoms with Crippen LogP contribution in [0.5, 0.6) is 0 Å². The highest BCUT2D eigenvalue weighted by Gasteiger charge is 2.34. The Bertz CT molecular complexity index is 569. The van der Waals surface area contributed by atoms with Crippen molar-refractivity contribution >= 4 is 40.6 Å². The number of thiocarbonyl (C=S) groups is 1. The van der Waals surface area contributed by atoms with Gasteiger partial charge in [0.15, 0.2) is 0 Å². The number of carbonyl (C=O) groups excluding carboxylic acids is 1. The summed E-state index contributed by atoms with van der Waals surface area (Å²) in [4.78, 5) is 11.6. The Morgan fingerprint density at radius 3 is 2.67 bits per heavy atom. The molecule has 2 rings (SSSR count). The Balaban J connectivity index is 2.25. The molecule has 0 saturated carbocycles. The van der Waals surface area contributed by atoms with Gasteiger partial charge in [0.2, 0.25) is 5.91 Å². The minimum Gasteiger partial charge on any atom is -0.389 e. The molecule has 3 N–H and O–H groups in total. The first-order valence-corrected chi connectivity index (χ1v) is 7.75. The molecule has 1 unspecified atom stereocenters. The van der Waals surface area contributed by atoms with Crippen LogP contribution in [0, 0.1) is 5.92 Å². The molecule has 1 heterocycles. The standard InChI is InChI=1S/C13H13F3N2OS2/c14-13(15,16)10-5-8(1-2-9(10)11(17)20)18-12(19)7-3-4-21-6-7/h1-2,5,7H,3-4,6H2,(H2,17,20)(H,18,19). The zero-order chi connectivity index (χ0) is 15.6. The summed E-state index contributed by atoms with van der Waals surface area (Å²) in [7, 11) is 0. The summed E-state index contributed by atoms with van der Waals surface area (Å²) in [6.07, 6.45) is -3.84. The first kappa shape index (κ1) is 16.1. The smallest absolute Gasteiger partial charge is 0.389 e. The number of halogens is 3. The van der Waals surface area contributed by atoms with Gasteiger partial charge in [0.1, 0.15) is 4.99 Å². The number of amides is 1. The molecule has 1 fully saturated rings. The lowest BCUT2D eigenvalue weighted by Crippen LogP contribution is -2.23. The van der Waals surface area contributed by atoms with Crippen molar-refractivity contribution in [2.75, 3.05) is 16.8 Å². The molecule has 0 spiro atoms. The second kappa shape index (κ2) is 6.23. The number of nitrogens with one attached hydrogen (secondary N) is 1. The fourth-order valence-electron chi connectivity index (χ4n) is 2.06. The van der Waals surface area contributed by atoms with Gasteiger partial charge in [0, 0.05) is 22.9 Å². The number of thioether (sulfide) groups is 1.